The van der Waals surface area contributed by atoms with Gasteiger partial charge in [-0.3, -0.25) is 9.98 Å². The van der Waals surface area contributed by atoms with Crippen molar-refractivity contribution in [2.24, 2.45) is 9.98 Å². The van der Waals surface area contributed by atoms with Gasteiger partial charge in [0.1, 0.15) is 0 Å². The summed E-state index contributed by atoms with van der Waals surface area (Å²) in [6.07, 6.45) is 3.04. The highest BCUT2D eigenvalue weighted by Gasteiger charge is 2.15. The fraction of sp³-hybridized carbons (Fsp3) is 0.0952. The third-order valence-corrected chi connectivity index (χ3v) is 5.12. The fourth-order valence-electron chi connectivity index (χ4n) is 2.72. The summed E-state index contributed by atoms with van der Waals surface area (Å²) < 4.78 is 37.1. The number of aromatic nitrogens is 1. The Morgan fingerprint density at radius 3 is 2.73 bits per heavy atom. The second kappa shape index (κ2) is 9.69. The SMILES string of the molecule is C=Nc1ccc(-c2cc(NSc3cc(Cl)cnc3OC)cc(F)c2F)cc1C=NC. The van der Waals surface area contributed by atoms with Crippen LogP contribution in [0.1, 0.15) is 5.56 Å². The highest BCUT2D eigenvalue weighted by atomic mass is 35.5. The molecular formula is C21H17ClF2N4OS. The van der Waals surface area contributed by atoms with E-state index in [-0.39, 0.29) is 5.56 Å². The van der Waals surface area contributed by atoms with Crippen LogP contribution >= 0.6 is 23.5 Å². The lowest BCUT2D eigenvalue weighted by atomic mass is 10.0. The summed E-state index contributed by atoms with van der Waals surface area (Å²) in [7, 11) is 3.09. The summed E-state index contributed by atoms with van der Waals surface area (Å²) in [6.45, 7) is 3.51. The van der Waals surface area contributed by atoms with E-state index in [1.54, 1.807) is 37.5 Å². The molecule has 1 heterocycles. The molecule has 0 unspecified atom stereocenters. The van der Waals surface area contributed by atoms with Gasteiger partial charge in [0.2, 0.25) is 5.88 Å². The predicted octanol–water partition coefficient (Wildman–Crippen LogP) is 6.19. The number of halogens is 3. The highest BCUT2D eigenvalue weighted by Crippen LogP contribution is 2.34. The van der Waals surface area contributed by atoms with Gasteiger partial charge in [0, 0.05) is 42.3 Å². The molecule has 0 fully saturated rings. The van der Waals surface area contributed by atoms with Crippen LogP contribution in [-0.4, -0.2) is 32.1 Å². The molecule has 0 bridgehead atoms. The molecule has 0 saturated heterocycles. The van der Waals surface area contributed by atoms with Crippen molar-refractivity contribution in [1.82, 2.24) is 4.98 Å². The van der Waals surface area contributed by atoms with Gasteiger partial charge in [0.05, 0.1) is 22.7 Å². The minimum absolute atomic E-state index is 0.0932. The quantitative estimate of drug-likeness (QED) is 0.347. The maximum absolute atomic E-state index is 14.6. The van der Waals surface area contributed by atoms with Crippen molar-refractivity contribution < 1.29 is 13.5 Å². The number of hydrogen-bond acceptors (Lipinski definition) is 6. The minimum Gasteiger partial charge on any atom is -0.480 e. The molecule has 5 nitrogen and oxygen atoms in total. The van der Waals surface area contributed by atoms with Gasteiger partial charge in [-0.05, 0) is 48.5 Å². The zero-order chi connectivity index (χ0) is 21.7. The topological polar surface area (TPSA) is 58.9 Å². The molecule has 0 aliphatic rings. The lowest BCUT2D eigenvalue weighted by Gasteiger charge is -2.12. The smallest absolute Gasteiger partial charge is 0.228 e. The normalized spacial score (nSPS) is 11.0. The number of hydrogen-bond donors (Lipinski definition) is 1. The second-order valence-electron chi connectivity index (χ2n) is 6.00. The first-order valence-electron chi connectivity index (χ1n) is 8.61. The highest BCUT2D eigenvalue weighted by molar-refractivity contribution is 8.00. The van der Waals surface area contributed by atoms with Crippen molar-refractivity contribution in [3.63, 3.8) is 0 Å². The Morgan fingerprint density at radius 2 is 2.03 bits per heavy atom. The first-order valence-corrected chi connectivity index (χ1v) is 9.81. The van der Waals surface area contributed by atoms with Gasteiger partial charge < -0.3 is 9.46 Å². The predicted molar refractivity (Wildman–Crippen MR) is 120 cm³/mol. The Kier molecular flexibility index (Phi) is 7.02. The number of aliphatic imine (C=N–C) groups is 2. The van der Waals surface area contributed by atoms with Crippen LogP contribution in [0.2, 0.25) is 5.02 Å². The average molecular weight is 447 g/mol. The molecule has 9 heteroatoms. The summed E-state index contributed by atoms with van der Waals surface area (Å²) in [6, 6.07) is 9.24. The molecule has 0 aliphatic heterocycles. The molecule has 154 valence electrons. The van der Waals surface area contributed by atoms with Crippen LogP contribution in [0.25, 0.3) is 11.1 Å². The zero-order valence-electron chi connectivity index (χ0n) is 16.1. The van der Waals surface area contributed by atoms with Crippen LogP contribution in [0.5, 0.6) is 5.88 Å². The van der Waals surface area contributed by atoms with Gasteiger partial charge in [0.25, 0.3) is 0 Å². The molecule has 0 atom stereocenters. The Labute approximate surface area is 182 Å². The van der Waals surface area contributed by atoms with Gasteiger partial charge >= 0.3 is 0 Å². The summed E-state index contributed by atoms with van der Waals surface area (Å²) in [4.78, 5) is 12.6. The van der Waals surface area contributed by atoms with E-state index in [0.717, 1.165) is 18.0 Å². The van der Waals surface area contributed by atoms with Crippen molar-refractivity contribution >= 4 is 47.9 Å². The van der Waals surface area contributed by atoms with Crippen LogP contribution in [0.4, 0.5) is 20.2 Å². The largest absolute Gasteiger partial charge is 0.480 e. The minimum atomic E-state index is -0.983. The second-order valence-corrected chi connectivity index (χ2v) is 7.29. The van der Waals surface area contributed by atoms with Gasteiger partial charge in [-0.2, -0.15) is 0 Å². The molecule has 1 aromatic heterocycles. The van der Waals surface area contributed by atoms with Crippen molar-refractivity contribution in [1.29, 1.82) is 0 Å². The van der Waals surface area contributed by atoms with Crippen LogP contribution in [0.3, 0.4) is 0 Å². The molecule has 0 radical (unpaired) electrons. The van der Waals surface area contributed by atoms with E-state index >= 15 is 0 Å². The van der Waals surface area contributed by atoms with Gasteiger partial charge in [0.15, 0.2) is 11.6 Å². The van der Waals surface area contributed by atoms with E-state index in [2.05, 4.69) is 26.4 Å². The lowest BCUT2D eigenvalue weighted by molar-refractivity contribution is 0.387. The Morgan fingerprint density at radius 1 is 1.23 bits per heavy atom. The number of nitrogens with zero attached hydrogens (tertiary/aromatic N) is 3. The first-order chi connectivity index (χ1) is 14.5. The van der Waals surface area contributed by atoms with Gasteiger partial charge in [-0.15, -0.1) is 0 Å². The van der Waals surface area contributed by atoms with E-state index in [4.69, 9.17) is 16.3 Å². The van der Waals surface area contributed by atoms with Crippen molar-refractivity contribution in [3.05, 3.63) is 64.8 Å². The van der Waals surface area contributed by atoms with Crippen molar-refractivity contribution in [2.75, 3.05) is 18.9 Å². The molecule has 0 spiro atoms. The number of pyridine rings is 1. The Bertz CT molecular complexity index is 1120. The van der Waals surface area contributed by atoms with E-state index < -0.39 is 11.6 Å². The maximum atomic E-state index is 14.6. The summed E-state index contributed by atoms with van der Waals surface area (Å²) in [5.41, 5.74) is 2.16. The number of anilines is 1. The number of ether oxygens (including phenoxy) is 1. The standard InChI is InChI=1S/C21H17ClF2N4OS/c1-25-10-13-6-12(4-5-18(13)26-2)16-8-15(9-17(23)20(16)24)28-30-19-7-14(22)11-27-21(19)29-3/h4-11,28H,2H2,1,3H3. The molecule has 1 N–H and O–H groups in total. The Balaban J connectivity index is 1.96. The summed E-state index contributed by atoms with van der Waals surface area (Å²) in [5.74, 6) is -1.58. The summed E-state index contributed by atoms with van der Waals surface area (Å²) >= 11 is 7.10. The van der Waals surface area contributed by atoms with Crippen LogP contribution in [0.15, 0.2) is 57.5 Å². The molecular weight excluding hydrogens is 430 g/mol. The zero-order valence-corrected chi connectivity index (χ0v) is 17.7. The average Bonchev–Trinajstić information content (AvgIpc) is 2.74. The number of methoxy groups -OCH3 is 1. The third-order valence-electron chi connectivity index (χ3n) is 4.06. The molecule has 30 heavy (non-hydrogen) atoms. The number of rotatable bonds is 7. The first kappa shape index (κ1) is 21.7. The van der Waals surface area contributed by atoms with E-state index in [9.17, 15) is 8.78 Å². The third kappa shape index (κ3) is 4.77. The maximum Gasteiger partial charge on any atom is 0.228 e. The Hall–Kier alpha value is -2.97. The van der Waals surface area contributed by atoms with E-state index in [1.807, 2.05) is 0 Å². The molecule has 0 aliphatic carbocycles. The van der Waals surface area contributed by atoms with Crippen molar-refractivity contribution in [2.45, 2.75) is 4.90 Å². The van der Waals surface area contributed by atoms with Crippen LogP contribution < -0.4 is 9.46 Å². The molecule has 3 aromatic rings. The van der Waals surface area contributed by atoms with Gasteiger partial charge in [-0.25, -0.2) is 13.8 Å². The van der Waals surface area contributed by atoms with E-state index in [0.29, 0.717) is 38.3 Å². The summed E-state index contributed by atoms with van der Waals surface area (Å²) in [5, 5.41) is 0.423. The monoisotopic (exact) mass is 446 g/mol. The van der Waals surface area contributed by atoms with E-state index in [1.165, 1.54) is 19.4 Å². The van der Waals surface area contributed by atoms with Crippen LogP contribution in [-0.2, 0) is 0 Å². The van der Waals surface area contributed by atoms with Crippen molar-refractivity contribution in [3.8, 4) is 17.0 Å². The van der Waals surface area contributed by atoms with Gasteiger partial charge in [-0.1, -0.05) is 17.7 Å². The molecule has 0 amide bonds. The van der Waals surface area contributed by atoms with Crippen LogP contribution in [0, 0.1) is 11.6 Å². The molecule has 3 rings (SSSR count). The lowest BCUT2D eigenvalue weighted by Crippen LogP contribution is -1.97. The molecule has 2 aromatic carbocycles. The number of nitrogens with one attached hydrogen (secondary N) is 1. The molecule has 0 saturated carbocycles. The fourth-order valence-corrected chi connectivity index (χ4v) is 3.69. The number of benzene rings is 2.